The van der Waals surface area contributed by atoms with Crippen LogP contribution in [0.3, 0.4) is 0 Å². The Kier molecular flexibility index (Phi) is 6.69. The molecule has 0 saturated carbocycles. The van der Waals surface area contributed by atoms with Crippen molar-refractivity contribution in [1.29, 1.82) is 0 Å². The Labute approximate surface area is 112 Å². The van der Waals surface area contributed by atoms with E-state index in [1.54, 1.807) is 0 Å². The van der Waals surface area contributed by atoms with Gasteiger partial charge in [-0.15, -0.1) is 6.58 Å². The lowest BCUT2D eigenvalue weighted by Crippen LogP contribution is -2.36. The van der Waals surface area contributed by atoms with Crippen LogP contribution in [0.2, 0.25) is 0 Å². The lowest BCUT2D eigenvalue weighted by atomic mass is 10.0. The molecule has 1 rings (SSSR count). The van der Waals surface area contributed by atoms with E-state index in [4.69, 9.17) is 0 Å². The van der Waals surface area contributed by atoms with Gasteiger partial charge in [0, 0.05) is 18.6 Å². The summed E-state index contributed by atoms with van der Waals surface area (Å²) in [6.45, 7) is 7.04. The summed E-state index contributed by atoms with van der Waals surface area (Å²) in [6, 6.07) is 11.6. The van der Waals surface area contributed by atoms with E-state index in [0.717, 1.165) is 19.4 Å². The standard InChI is InChI=1S/C16H26N2/c1-5-6-10-14(2)17-16(13-18(3)4)15-11-8-7-9-12-15/h5,7-9,11-12,14,16-17H,1,6,10,13H2,2-4H3. The maximum atomic E-state index is 3.78. The first-order valence-electron chi connectivity index (χ1n) is 6.70. The van der Waals surface area contributed by atoms with Crippen molar-refractivity contribution in [2.24, 2.45) is 0 Å². The molecule has 0 heterocycles. The van der Waals surface area contributed by atoms with Crippen molar-refractivity contribution >= 4 is 0 Å². The highest BCUT2D eigenvalue weighted by Crippen LogP contribution is 2.15. The molecule has 0 aliphatic carbocycles. The molecule has 2 nitrogen and oxygen atoms in total. The molecule has 1 aromatic carbocycles. The van der Waals surface area contributed by atoms with Crippen molar-refractivity contribution in [2.75, 3.05) is 20.6 Å². The monoisotopic (exact) mass is 246 g/mol. The SMILES string of the molecule is C=CCCC(C)NC(CN(C)C)c1ccccc1. The summed E-state index contributed by atoms with van der Waals surface area (Å²) in [7, 11) is 4.23. The third-order valence-electron chi connectivity index (χ3n) is 3.04. The van der Waals surface area contributed by atoms with Gasteiger partial charge in [0.05, 0.1) is 0 Å². The molecule has 2 atom stereocenters. The van der Waals surface area contributed by atoms with Crippen LogP contribution in [0, 0.1) is 0 Å². The molecule has 0 fully saturated rings. The van der Waals surface area contributed by atoms with Gasteiger partial charge in [0.15, 0.2) is 0 Å². The fourth-order valence-electron chi connectivity index (χ4n) is 2.10. The van der Waals surface area contributed by atoms with Crippen molar-refractivity contribution in [1.82, 2.24) is 10.2 Å². The Bertz CT molecular complexity index is 332. The van der Waals surface area contributed by atoms with Gasteiger partial charge in [0.25, 0.3) is 0 Å². The van der Waals surface area contributed by atoms with Gasteiger partial charge in [0.1, 0.15) is 0 Å². The summed E-state index contributed by atoms with van der Waals surface area (Å²) in [5.41, 5.74) is 1.36. The zero-order valence-corrected chi connectivity index (χ0v) is 11.9. The fraction of sp³-hybridized carbons (Fsp3) is 0.500. The Balaban J connectivity index is 2.64. The van der Waals surface area contributed by atoms with Crippen LogP contribution in [0.5, 0.6) is 0 Å². The van der Waals surface area contributed by atoms with Crippen LogP contribution in [-0.4, -0.2) is 31.6 Å². The first-order chi connectivity index (χ1) is 8.63. The first-order valence-corrected chi connectivity index (χ1v) is 6.70. The molecule has 0 saturated heterocycles. The summed E-state index contributed by atoms with van der Waals surface area (Å²) < 4.78 is 0. The van der Waals surface area contributed by atoms with Gasteiger partial charge in [-0.2, -0.15) is 0 Å². The summed E-state index contributed by atoms with van der Waals surface area (Å²) in [5, 5.41) is 3.71. The number of benzene rings is 1. The third-order valence-corrected chi connectivity index (χ3v) is 3.04. The van der Waals surface area contributed by atoms with E-state index >= 15 is 0 Å². The second-order valence-corrected chi connectivity index (χ2v) is 5.16. The minimum Gasteiger partial charge on any atom is -0.308 e. The second-order valence-electron chi connectivity index (χ2n) is 5.16. The van der Waals surface area contributed by atoms with Crippen LogP contribution in [0.15, 0.2) is 43.0 Å². The van der Waals surface area contributed by atoms with E-state index in [2.05, 4.69) is 68.1 Å². The van der Waals surface area contributed by atoms with Crippen LogP contribution < -0.4 is 5.32 Å². The number of nitrogens with zero attached hydrogens (tertiary/aromatic N) is 1. The van der Waals surface area contributed by atoms with Gasteiger partial charge in [0.2, 0.25) is 0 Å². The number of nitrogens with one attached hydrogen (secondary N) is 1. The van der Waals surface area contributed by atoms with Gasteiger partial charge in [-0.25, -0.2) is 0 Å². The molecule has 0 aliphatic heterocycles. The summed E-state index contributed by atoms with van der Waals surface area (Å²) in [6.07, 6.45) is 4.19. The lowest BCUT2D eigenvalue weighted by molar-refractivity contribution is 0.320. The highest BCUT2D eigenvalue weighted by Gasteiger charge is 2.14. The number of allylic oxidation sites excluding steroid dienone is 1. The van der Waals surface area contributed by atoms with Crippen LogP contribution >= 0.6 is 0 Å². The Morgan fingerprint density at radius 3 is 2.50 bits per heavy atom. The molecular weight excluding hydrogens is 220 g/mol. The molecule has 0 amide bonds. The topological polar surface area (TPSA) is 15.3 Å². The molecule has 0 bridgehead atoms. The highest BCUT2D eigenvalue weighted by atomic mass is 15.1. The van der Waals surface area contributed by atoms with Crippen molar-refractivity contribution in [3.63, 3.8) is 0 Å². The van der Waals surface area contributed by atoms with E-state index in [1.165, 1.54) is 5.56 Å². The zero-order chi connectivity index (χ0) is 13.4. The van der Waals surface area contributed by atoms with Gasteiger partial charge in [-0.1, -0.05) is 36.4 Å². The molecule has 2 heteroatoms. The smallest absolute Gasteiger partial charge is 0.0451 e. The number of hydrogen-bond acceptors (Lipinski definition) is 2. The minimum absolute atomic E-state index is 0.390. The van der Waals surface area contributed by atoms with Gasteiger partial charge < -0.3 is 10.2 Å². The van der Waals surface area contributed by atoms with Crippen LogP contribution in [0.1, 0.15) is 31.4 Å². The predicted molar refractivity (Wildman–Crippen MR) is 79.8 cm³/mol. The molecule has 2 unspecified atom stereocenters. The number of hydrogen-bond donors (Lipinski definition) is 1. The summed E-state index contributed by atoms with van der Waals surface area (Å²) in [4.78, 5) is 2.23. The molecule has 0 aromatic heterocycles. The predicted octanol–water partition coefficient (Wildman–Crippen LogP) is 3.23. The molecule has 0 radical (unpaired) electrons. The molecule has 0 spiro atoms. The van der Waals surface area contributed by atoms with Gasteiger partial charge in [-0.05, 0) is 39.4 Å². The summed E-state index contributed by atoms with van der Waals surface area (Å²) in [5.74, 6) is 0. The average molecular weight is 246 g/mol. The molecule has 100 valence electrons. The molecule has 0 aliphatic rings. The highest BCUT2D eigenvalue weighted by molar-refractivity contribution is 5.19. The molecule has 1 N–H and O–H groups in total. The number of rotatable bonds is 8. The van der Waals surface area contributed by atoms with Gasteiger partial charge in [-0.3, -0.25) is 0 Å². The van der Waals surface area contributed by atoms with E-state index in [-0.39, 0.29) is 0 Å². The number of likely N-dealkylation sites (N-methyl/N-ethyl adjacent to an activating group) is 1. The minimum atomic E-state index is 0.390. The quantitative estimate of drug-likeness (QED) is 0.708. The molecule has 18 heavy (non-hydrogen) atoms. The van der Waals surface area contributed by atoms with Crippen LogP contribution in [0.25, 0.3) is 0 Å². The van der Waals surface area contributed by atoms with Crippen LogP contribution in [-0.2, 0) is 0 Å². The lowest BCUT2D eigenvalue weighted by Gasteiger charge is -2.26. The van der Waals surface area contributed by atoms with Crippen molar-refractivity contribution in [3.8, 4) is 0 Å². The Hall–Kier alpha value is -1.12. The molecule has 1 aromatic rings. The fourth-order valence-corrected chi connectivity index (χ4v) is 2.10. The normalized spacial score (nSPS) is 14.4. The van der Waals surface area contributed by atoms with E-state index in [1.807, 2.05) is 6.08 Å². The maximum Gasteiger partial charge on any atom is 0.0451 e. The zero-order valence-electron chi connectivity index (χ0n) is 11.9. The maximum absolute atomic E-state index is 3.78. The summed E-state index contributed by atoms with van der Waals surface area (Å²) >= 11 is 0. The second kappa shape index (κ2) is 8.06. The van der Waals surface area contributed by atoms with Crippen molar-refractivity contribution in [3.05, 3.63) is 48.6 Å². The first kappa shape index (κ1) is 14.9. The van der Waals surface area contributed by atoms with Crippen LogP contribution in [0.4, 0.5) is 0 Å². The van der Waals surface area contributed by atoms with E-state index in [9.17, 15) is 0 Å². The third kappa shape index (κ3) is 5.48. The Morgan fingerprint density at radius 1 is 1.28 bits per heavy atom. The molecular formula is C16H26N2. The average Bonchev–Trinajstić information content (AvgIpc) is 2.36. The Morgan fingerprint density at radius 2 is 1.94 bits per heavy atom. The van der Waals surface area contributed by atoms with Crippen molar-refractivity contribution in [2.45, 2.75) is 31.8 Å². The largest absolute Gasteiger partial charge is 0.308 e. The van der Waals surface area contributed by atoms with E-state index in [0.29, 0.717) is 12.1 Å². The van der Waals surface area contributed by atoms with E-state index < -0.39 is 0 Å². The van der Waals surface area contributed by atoms with Crippen molar-refractivity contribution < 1.29 is 0 Å². The van der Waals surface area contributed by atoms with Gasteiger partial charge >= 0.3 is 0 Å².